The van der Waals surface area contributed by atoms with Crippen molar-refractivity contribution in [1.82, 2.24) is 0 Å². The molecular weight excluding hydrogens is 1760 g/mol. The van der Waals surface area contributed by atoms with Crippen LogP contribution in [0, 0.1) is 69.0 Å². The lowest BCUT2D eigenvalue weighted by atomic mass is 9.66. The van der Waals surface area contributed by atoms with E-state index in [1.807, 2.05) is 135 Å². The number of ketones is 1. The van der Waals surface area contributed by atoms with Crippen LogP contribution in [0.25, 0.3) is 0 Å². The number of Topliss-reactive ketones (excluding diaryl/α,β-unsaturated/α-hetero) is 1. The lowest BCUT2D eigenvalue weighted by molar-refractivity contribution is -0.205. The number of ether oxygens (including phenoxy) is 19. The van der Waals surface area contributed by atoms with Gasteiger partial charge in [0, 0.05) is 39.4 Å². The molecule has 29 nitrogen and oxygen atoms in total. The second-order valence-electron chi connectivity index (χ2n) is 40.1. The number of benzene rings is 3. The Labute approximate surface area is 816 Å². The van der Waals surface area contributed by atoms with E-state index in [1.54, 1.807) is 52.4 Å². The summed E-state index contributed by atoms with van der Waals surface area (Å²) in [5.74, 6) is 6.92. The van der Waals surface area contributed by atoms with Gasteiger partial charge in [0.15, 0.2) is 66.2 Å². The molecule has 0 amide bonds. The van der Waals surface area contributed by atoms with Crippen molar-refractivity contribution < 1.29 is 138 Å². The molecule has 2 heterocycles. The van der Waals surface area contributed by atoms with Crippen LogP contribution >= 0.6 is 0 Å². The third kappa shape index (κ3) is 38.6. The highest BCUT2D eigenvalue weighted by atomic mass is 16.7. The number of hydrogen-bond acceptors (Lipinski definition) is 29. The van der Waals surface area contributed by atoms with Crippen molar-refractivity contribution in [3.63, 3.8) is 0 Å². The van der Waals surface area contributed by atoms with Gasteiger partial charge in [-0.3, -0.25) is 28.8 Å². The first kappa shape index (κ1) is 117. The van der Waals surface area contributed by atoms with Crippen molar-refractivity contribution in [2.45, 2.75) is 353 Å². The summed E-state index contributed by atoms with van der Waals surface area (Å²) in [6.45, 7) is 34.6. The first-order chi connectivity index (χ1) is 65.4. The van der Waals surface area contributed by atoms with Crippen LogP contribution in [-0.4, -0.2) is 191 Å². The van der Waals surface area contributed by atoms with Crippen molar-refractivity contribution in [2.75, 3.05) is 94.9 Å². The van der Waals surface area contributed by atoms with E-state index < -0.39 is 64.6 Å². The first-order valence-corrected chi connectivity index (χ1v) is 50.6. The van der Waals surface area contributed by atoms with Crippen molar-refractivity contribution in [3.8, 4) is 17.2 Å². The number of fused-ring (bicyclic) bond motifs is 10. The standard InChI is InChI=1S/C23H34O7.C19H28O4.C17H24O4.C16H24O4.C12H18.C10H18O5.C7H14O2.C4H8O3/c1-4-22(2,3)20(25)30-18-14-10-16-19(18)27-12-17(24)23(16,11-14)21(26)29-13-28-15-8-6-5-7-9-15;1-3-15(2)16-9-11-18(12-10-16)21-13-19(20)23-14-22-17-7-5-4-6-8-17;1-3-13(2)14-7-9-15(10-8-14)20-12-16(18)21-17-6-4-5-11-19-17;1-5-13(4)14-6-8-15(9-7-14)18-10-16(17)20-11-19-12(2)3;1-2-8-5-7(1)11-9-3-4-10(6-9)12(8)11;1-5-10(2,3)9(12)14-6-8(11)15-7-13-4;1-5-7(2,3)6(8)9-4;1-4(5)7-3-6-2/h14-16,18-19H,4-13H2,1-3H3;9-12,15,17H,3-8,13-14H2,1-2H3;7-10,13,17H,3-6,11-12H2,1-2H3;6-9,12-13H,5,10-11H2,1-4H3;7-12H,1-6H2;5-7H2,1-4H3;5H2,1-4H3;3H2,1-2H3. The highest BCUT2D eigenvalue weighted by Crippen LogP contribution is 2.67. The molecule has 0 radical (unpaired) electrons. The molecular formula is C108H168O29. The Morgan fingerprint density at radius 3 is 1.21 bits per heavy atom. The molecule has 2 saturated heterocycles. The number of hydrogen-bond donors (Lipinski definition) is 0. The van der Waals surface area contributed by atoms with E-state index in [-0.39, 0.29) is 132 Å². The zero-order valence-electron chi connectivity index (χ0n) is 86.5. The predicted octanol–water partition coefficient (Wildman–Crippen LogP) is 20.7. The third-order valence-corrected chi connectivity index (χ3v) is 29.1. The molecule has 6 bridgehead atoms. The van der Waals surface area contributed by atoms with E-state index in [0.717, 1.165) is 83.5 Å². The third-order valence-electron chi connectivity index (χ3n) is 29.1. The minimum Gasteiger partial charge on any atom is -0.482 e. The molecule has 0 aromatic heterocycles. The van der Waals surface area contributed by atoms with Gasteiger partial charge in [-0.25, -0.2) is 19.2 Å². The summed E-state index contributed by atoms with van der Waals surface area (Å²) in [6, 6.07) is 23.5. The largest absolute Gasteiger partial charge is 0.482 e. The van der Waals surface area contributed by atoms with E-state index >= 15 is 0 Å². The molecule has 29 heteroatoms. The second kappa shape index (κ2) is 60.7. The molecule has 13 atom stereocenters. The molecule has 0 N–H and O–H groups in total. The molecule has 13 unspecified atom stereocenters. The molecule has 8 saturated carbocycles. The molecule has 8 aliphatic carbocycles. The Morgan fingerprint density at radius 1 is 0.416 bits per heavy atom. The fourth-order valence-electron chi connectivity index (χ4n) is 18.9. The van der Waals surface area contributed by atoms with E-state index in [4.69, 9.17) is 66.3 Å². The molecule has 774 valence electrons. The van der Waals surface area contributed by atoms with Gasteiger partial charge in [0.2, 0.25) is 6.29 Å². The maximum Gasteiger partial charge on any atom is 0.346 e. The summed E-state index contributed by atoms with van der Waals surface area (Å²) in [4.78, 5) is 116. The maximum atomic E-state index is 13.1. The summed E-state index contributed by atoms with van der Waals surface area (Å²) in [5.41, 5.74) is 1.21. The molecule has 0 spiro atoms. The Kier molecular flexibility index (Phi) is 52.0. The Balaban J connectivity index is 0.000000248. The van der Waals surface area contributed by atoms with E-state index in [2.05, 4.69) is 65.2 Å². The van der Waals surface area contributed by atoms with Crippen LogP contribution in [0.2, 0.25) is 0 Å². The van der Waals surface area contributed by atoms with E-state index in [1.165, 1.54) is 106 Å². The summed E-state index contributed by atoms with van der Waals surface area (Å²) < 4.78 is 97.4. The van der Waals surface area contributed by atoms with Crippen LogP contribution in [0.4, 0.5) is 0 Å². The Bertz CT molecular complexity index is 4010. The van der Waals surface area contributed by atoms with Crippen LogP contribution < -0.4 is 14.2 Å². The normalized spacial score (nSPS) is 23.7. The smallest absolute Gasteiger partial charge is 0.346 e. The van der Waals surface area contributed by atoms with Crippen molar-refractivity contribution >= 4 is 59.5 Å². The summed E-state index contributed by atoms with van der Waals surface area (Å²) in [7, 11) is 4.28. The molecule has 13 rings (SSSR count). The number of esters is 9. The molecule has 10 fully saturated rings. The quantitative estimate of drug-likeness (QED) is 0.0168. The van der Waals surface area contributed by atoms with Gasteiger partial charge in [-0.2, -0.15) is 0 Å². The zero-order valence-corrected chi connectivity index (χ0v) is 86.5. The SMILES string of the molecule is C1CC2CC1C1C3CCC(C3)C21.CCC(C)(C)C(=O)OC.CCC(C)(C)C(=O)OC1C2CC3C1OCC(=O)C3(C(=O)OCOC1CCCCC1)C2.CCC(C)(C)C(=O)OCC(=O)OCOC.CCC(C)c1ccc(OCC(=O)OC2CCCCO2)cc1.CCC(C)c1ccc(OCC(=O)OCOC(C)C)cc1.CCC(C)c1ccc(OCC(=O)OCOC2CCCCC2)cc1.COCOC(C)=O. The van der Waals surface area contributed by atoms with E-state index in [0.29, 0.717) is 67.3 Å². The van der Waals surface area contributed by atoms with Crippen LogP contribution in [0.15, 0.2) is 72.8 Å². The van der Waals surface area contributed by atoms with Crippen molar-refractivity contribution in [3.05, 3.63) is 89.5 Å². The van der Waals surface area contributed by atoms with Crippen molar-refractivity contribution in [1.29, 1.82) is 0 Å². The lowest BCUT2D eigenvalue weighted by Crippen LogP contribution is -2.59. The van der Waals surface area contributed by atoms with E-state index in [9.17, 15) is 47.9 Å². The molecule has 3 aromatic carbocycles. The monoisotopic (exact) mass is 1930 g/mol. The van der Waals surface area contributed by atoms with Gasteiger partial charge in [0.25, 0.3) is 0 Å². The van der Waals surface area contributed by atoms with Crippen LogP contribution in [-0.2, 0) is 124 Å². The van der Waals surface area contributed by atoms with Gasteiger partial charge in [0.1, 0.15) is 35.4 Å². The maximum absolute atomic E-state index is 13.1. The summed E-state index contributed by atoms with van der Waals surface area (Å²) in [5, 5.41) is 0. The fraction of sp³-hybridized carbons (Fsp3) is 0.741. The number of rotatable bonds is 39. The van der Waals surface area contributed by atoms with Crippen LogP contribution in [0.3, 0.4) is 0 Å². The van der Waals surface area contributed by atoms with Gasteiger partial charge in [-0.05, 0) is 290 Å². The fourth-order valence-corrected chi connectivity index (χ4v) is 18.9. The average Bonchev–Trinajstić information content (AvgIpc) is 1.55. The van der Waals surface area contributed by atoms with Gasteiger partial charge in [0.05, 0.1) is 54.4 Å². The summed E-state index contributed by atoms with van der Waals surface area (Å²) in [6.07, 6.45) is 29.5. The minimum absolute atomic E-state index is 0.0276. The number of carbonyl (C=O) groups is 10. The predicted molar refractivity (Wildman–Crippen MR) is 515 cm³/mol. The number of methoxy groups -OCH3 is 3. The van der Waals surface area contributed by atoms with Crippen LogP contribution in [0.1, 0.15) is 332 Å². The van der Waals surface area contributed by atoms with Crippen LogP contribution in [0.5, 0.6) is 17.2 Å². The number of carbonyl (C=O) groups excluding carboxylic acids is 10. The highest BCUT2D eigenvalue weighted by Gasteiger charge is 2.71. The lowest BCUT2D eigenvalue weighted by Gasteiger charge is -2.45. The Hall–Kier alpha value is -8.32. The van der Waals surface area contributed by atoms with Gasteiger partial charge >= 0.3 is 53.7 Å². The Morgan fingerprint density at radius 2 is 0.818 bits per heavy atom. The topological polar surface area (TPSA) is 346 Å². The molecule has 137 heavy (non-hydrogen) atoms. The summed E-state index contributed by atoms with van der Waals surface area (Å²) >= 11 is 0. The molecule has 10 aliphatic rings. The van der Waals surface area contributed by atoms with Gasteiger partial charge in [-0.15, -0.1) is 0 Å². The minimum atomic E-state index is -1.17. The highest BCUT2D eigenvalue weighted by molar-refractivity contribution is 6.06. The first-order valence-electron chi connectivity index (χ1n) is 50.6. The van der Waals surface area contributed by atoms with Crippen molar-refractivity contribution in [2.24, 2.45) is 69.0 Å². The van der Waals surface area contributed by atoms with Gasteiger partial charge in [-0.1, -0.05) is 137 Å². The zero-order chi connectivity index (χ0) is 101. The molecule has 2 aliphatic heterocycles. The van der Waals surface area contributed by atoms with Gasteiger partial charge < -0.3 is 90.0 Å². The second-order valence-corrected chi connectivity index (χ2v) is 40.1. The molecule has 3 aromatic rings. The average molecular weight is 1930 g/mol.